The van der Waals surface area contributed by atoms with Gasteiger partial charge in [-0.1, -0.05) is 18.2 Å². The van der Waals surface area contributed by atoms with Crippen LogP contribution in [-0.2, 0) is 6.54 Å². The maximum absolute atomic E-state index is 11.9. The predicted octanol–water partition coefficient (Wildman–Crippen LogP) is 1.41. The summed E-state index contributed by atoms with van der Waals surface area (Å²) in [6.45, 7) is 1.75. The number of nitrogens with zero attached hydrogens (tertiary/aromatic N) is 2. The van der Waals surface area contributed by atoms with Crippen LogP contribution in [0.3, 0.4) is 0 Å². The van der Waals surface area contributed by atoms with E-state index in [2.05, 4.69) is 22.5 Å². The van der Waals surface area contributed by atoms with Crippen molar-refractivity contribution in [1.29, 1.82) is 0 Å². The van der Waals surface area contributed by atoms with Crippen LogP contribution in [0.25, 0.3) is 0 Å². The van der Waals surface area contributed by atoms with Gasteiger partial charge < -0.3 is 11.1 Å². The molecule has 6 heteroatoms. The first-order valence-electron chi connectivity index (χ1n) is 6.48. The van der Waals surface area contributed by atoms with E-state index < -0.39 is 0 Å². The Morgan fingerprint density at radius 1 is 1.30 bits per heavy atom. The van der Waals surface area contributed by atoms with Gasteiger partial charge in [0, 0.05) is 29.8 Å². The SMILES string of the molecule is NCCNc1cnn(CCSc2ccccc2)c(=O)c1. The molecule has 2 rings (SSSR count). The molecular formula is C14H18N4OS. The molecule has 0 fully saturated rings. The first-order chi connectivity index (χ1) is 9.79. The average molecular weight is 290 g/mol. The fraction of sp³-hybridized carbons (Fsp3) is 0.286. The summed E-state index contributed by atoms with van der Waals surface area (Å²) in [5.74, 6) is 0.812. The molecule has 0 aliphatic carbocycles. The van der Waals surface area contributed by atoms with E-state index in [9.17, 15) is 4.79 Å². The lowest BCUT2D eigenvalue weighted by molar-refractivity contribution is 0.622. The smallest absolute Gasteiger partial charge is 0.268 e. The third-order valence-corrected chi connectivity index (χ3v) is 3.65. The lowest BCUT2D eigenvalue weighted by atomic mass is 10.4. The van der Waals surface area contributed by atoms with E-state index in [1.165, 1.54) is 9.58 Å². The van der Waals surface area contributed by atoms with Gasteiger partial charge in [-0.2, -0.15) is 5.10 Å². The molecule has 0 radical (unpaired) electrons. The normalized spacial score (nSPS) is 10.4. The second-order valence-electron chi connectivity index (χ2n) is 4.18. The van der Waals surface area contributed by atoms with Crippen molar-refractivity contribution in [2.45, 2.75) is 11.4 Å². The van der Waals surface area contributed by atoms with Crippen molar-refractivity contribution in [2.24, 2.45) is 5.73 Å². The number of nitrogens with one attached hydrogen (secondary N) is 1. The number of hydrogen-bond acceptors (Lipinski definition) is 5. The number of benzene rings is 1. The highest BCUT2D eigenvalue weighted by Crippen LogP contribution is 2.16. The van der Waals surface area contributed by atoms with E-state index in [0.29, 0.717) is 25.3 Å². The molecule has 0 saturated heterocycles. The van der Waals surface area contributed by atoms with Gasteiger partial charge in [0.05, 0.1) is 18.4 Å². The molecule has 106 valence electrons. The Morgan fingerprint density at radius 3 is 2.80 bits per heavy atom. The monoisotopic (exact) mass is 290 g/mol. The number of thioether (sulfide) groups is 1. The van der Waals surface area contributed by atoms with E-state index in [1.54, 1.807) is 24.0 Å². The lowest BCUT2D eigenvalue weighted by Gasteiger charge is -2.07. The minimum atomic E-state index is -0.0966. The molecule has 1 heterocycles. The Balaban J connectivity index is 1.88. The van der Waals surface area contributed by atoms with Crippen molar-refractivity contribution in [3.8, 4) is 0 Å². The van der Waals surface area contributed by atoms with Gasteiger partial charge >= 0.3 is 0 Å². The molecule has 0 spiro atoms. The Bertz CT molecular complexity index is 585. The molecule has 0 aliphatic heterocycles. The zero-order chi connectivity index (χ0) is 14.2. The Kier molecular flexibility index (Phi) is 5.64. The van der Waals surface area contributed by atoms with Gasteiger partial charge in [-0.15, -0.1) is 11.8 Å². The van der Waals surface area contributed by atoms with Crippen LogP contribution in [0.5, 0.6) is 0 Å². The Hall–Kier alpha value is -1.79. The van der Waals surface area contributed by atoms with Crippen molar-refractivity contribution in [3.63, 3.8) is 0 Å². The van der Waals surface area contributed by atoms with Crippen LogP contribution in [0.2, 0.25) is 0 Å². The van der Waals surface area contributed by atoms with Crippen molar-refractivity contribution >= 4 is 17.4 Å². The second-order valence-corrected chi connectivity index (χ2v) is 5.35. The van der Waals surface area contributed by atoms with Gasteiger partial charge in [0.1, 0.15) is 0 Å². The molecule has 20 heavy (non-hydrogen) atoms. The highest BCUT2D eigenvalue weighted by Gasteiger charge is 2.00. The average Bonchev–Trinajstić information content (AvgIpc) is 2.48. The first kappa shape index (κ1) is 14.6. The molecule has 0 aliphatic rings. The highest BCUT2D eigenvalue weighted by molar-refractivity contribution is 7.99. The number of aryl methyl sites for hydroxylation is 1. The summed E-state index contributed by atoms with van der Waals surface area (Å²) in [6.07, 6.45) is 1.66. The van der Waals surface area contributed by atoms with E-state index in [0.717, 1.165) is 5.75 Å². The number of nitrogens with two attached hydrogens (primary N) is 1. The number of anilines is 1. The van der Waals surface area contributed by atoms with Crippen LogP contribution < -0.4 is 16.6 Å². The van der Waals surface area contributed by atoms with Crippen LogP contribution >= 0.6 is 11.8 Å². The zero-order valence-electron chi connectivity index (χ0n) is 11.2. The Labute approximate surface area is 122 Å². The summed E-state index contributed by atoms with van der Waals surface area (Å²) in [4.78, 5) is 13.1. The molecule has 1 aromatic heterocycles. The molecule has 3 N–H and O–H groups in total. The molecule has 5 nitrogen and oxygen atoms in total. The summed E-state index contributed by atoms with van der Waals surface area (Å²) in [5, 5.41) is 7.19. The summed E-state index contributed by atoms with van der Waals surface area (Å²) in [6, 6.07) is 11.7. The van der Waals surface area contributed by atoms with Crippen molar-refractivity contribution in [3.05, 3.63) is 52.9 Å². The summed E-state index contributed by atoms with van der Waals surface area (Å²) < 4.78 is 1.48. The molecule has 0 atom stereocenters. The largest absolute Gasteiger partial charge is 0.382 e. The topological polar surface area (TPSA) is 72.9 Å². The summed E-state index contributed by atoms with van der Waals surface area (Å²) in [7, 11) is 0. The number of hydrogen-bond donors (Lipinski definition) is 2. The van der Waals surface area contributed by atoms with Crippen LogP contribution in [0.15, 0.2) is 52.3 Å². The number of aromatic nitrogens is 2. The third-order valence-electron chi connectivity index (χ3n) is 2.66. The van der Waals surface area contributed by atoms with Crippen LogP contribution in [0.4, 0.5) is 5.69 Å². The molecule has 0 amide bonds. The highest BCUT2D eigenvalue weighted by atomic mass is 32.2. The van der Waals surface area contributed by atoms with E-state index in [4.69, 9.17) is 5.73 Å². The second kappa shape index (κ2) is 7.72. The van der Waals surface area contributed by atoms with Crippen LogP contribution in [0, 0.1) is 0 Å². The Morgan fingerprint density at radius 2 is 2.10 bits per heavy atom. The summed E-state index contributed by atoms with van der Waals surface area (Å²) >= 11 is 1.71. The fourth-order valence-corrected chi connectivity index (χ4v) is 2.53. The molecule has 0 saturated carbocycles. The van der Waals surface area contributed by atoms with Crippen molar-refractivity contribution in [2.75, 3.05) is 24.2 Å². The first-order valence-corrected chi connectivity index (χ1v) is 7.47. The van der Waals surface area contributed by atoms with E-state index >= 15 is 0 Å². The third kappa shape index (κ3) is 4.40. The molecule has 0 unspecified atom stereocenters. The van der Waals surface area contributed by atoms with Gasteiger partial charge in [-0.3, -0.25) is 4.79 Å². The fourth-order valence-electron chi connectivity index (χ4n) is 1.68. The summed E-state index contributed by atoms with van der Waals surface area (Å²) in [5.41, 5.74) is 6.01. The maximum atomic E-state index is 11.9. The predicted molar refractivity (Wildman–Crippen MR) is 83.2 cm³/mol. The standard InChI is InChI=1S/C14H18N4OS/c15-6-7-16-12-10-14(19)18(17-11-12)8-9-20-13-4-2-1-3-5-13/h1-5,10-11,16H,6-9,15H2. The van der Waals surface area contributed by atoms with Crippen LogP contribution in [0.1, 0.15) is 0 Å². The lowest BCUT2D eigenvalue weighted by Crippen LogP contribution is -2.24. The maximum Gasteiger partial charge on any atom is 0.268 e. The van der Waals surface area contributed by atoms with Crippen molar-refractivity contribution < 1.29 is 0 Å². The zero-order valence-corrected chi connectivity index (χ0v) is 12.0. The van der Waals surface area contributed by atoms with Gasteiger partial charge in [0.25, 0.3) is 5.56 Å². The number of rotatable bonds is 7. The van der Waals surface area contributed by atoms with Gasteiger partial charge in [-0.05, 0) is 12.1 Å². The molecule has 0 bridgehead atoms. The molecular weight excluding hydrogens is 272 g/mol. The van der Waals surface area contributed by atoms with Gasteiger partial charge in [0.2, 0.25) is 0 Å². The van der Waals surface area contributed by atoms with Gasteiger partial charge in [0.15, 0.2) is 0 Å². The van der Waals surface area contributed by atoms with E-state index in [-0.39, 0.29) is 5.56 Å². The van der Waals surface area contributed by atoms with Crippen LogP contribution in [-0.4, -0.2) is 28.6 Å². The quantitative estimate of drug-likeness (QED) is 0.754. The minimum absolute atomic E-state index is 0.0966. The molecule has 2 aromatic rings. The van der Waals surface area contributed by atoms with Crippen molar-refractivity contribution in [1.82, 2.24) is 9.78 Å². The van der Waals surface area contributed by atoms with Gasteiger partial charge in [-0.25, -0.2) is 4.68 Å². The minimum Gasteiger partial charge on any atom is -0.382 e. The van der Waals surface area contributed by atoms with E-state index in [1.807, 2.05) is 18.2 Å². The molecule has 1 aromatic carbocycles.